The second-order valence-electron chi connectivity index (χ2n) is 12.5. The molecule has 0 aliphatic heterocycles. The summed E-state index contributed by atoms with van der Waals surface area (Å²) in [6.07, 6.45) is 1.30. The van der Waals surface area contributed by atoms with Gasteiger partial charge in [-0.1, -0.05) is 60.7 Å². The third-order valence-corrected chi connectivity index (χ3v) is 8.20. The maximum Gasteiger partial charge on any atom is 0.338 e. The second-order valence-corrected chi connectivity index (χ2v) is 12.5. The zero-order valence-electron chi connectivity index (χ0n) is 27.5. The largest absolute Gasteiger partial charge is 0.461 e. The highest BCUT2D eigenvalue weighted by Crippen LogP contribution is 2.21. The Morgan fingerprint density at radius 1 is 0.717 bits per heavy atom. The van der Waals surface area contributed by atoms with Crippen molar-refractivity contribution in [2.24, 2.45) is 0 Å². The van der Waals surface area contributed by atoms with Gasteiger partial charge in [0, 0.05) is 43.9 Å². The molecule has 0 fully saturated rings. The molecule has 0 saturated heterocycles. The Labute approximate surface area is 277 Å². The van der Waals surface area contributed by atoms with E-state index in [4.69, 9.17) is 4.74 Å². The number of nitrogens with zero attached hydrogens (tertiary/aromatic N) is 4. The van der Waals surface area contributed by atoms with E-state index >= 15 is 0 Å². The van der Waals surface area contributed by atoms with Gasteiger partial charge in [0.2, 0.25) is 11.8 Å². The minimum absolute atomic E-state index is 0. The number of likely N-dealkylation sites (N-methyl/N-ethyl adjacent to an activating group) is 2. The first kappa shape index (κ1) is 37.9. The van der Waals surface area contributed by atoms with Crippen molar-refractivity contribution < 1.29 is 24.0 Å². The maximum absolute atomic E-state index is 13.6. The first-order valence-electron chi connectivity index (χ1n) is 14.9. The van der Waals surface area contributed by atoms with Gasteiger partial charge in [0.25, 0.3) is 5.69 Å². The number of esters is 1. The van der Waals surface area contributed by atoms with Crippen molar-refractivity contribution >= 4 is 35.9 Å². The first-order valence-corrected chi connectivity index (χ1v) is 14.9. The molecule has 0 unspecified atom stereocenters. The molecule has 3 aromatic carbocycles. The van der Waals surface area contributed by atoms with Crippen LogP contribution in [0.2, 0.25) is 0 Å². The predicted octanol–water partition coefficient (Wildman–Crippen LogP) is 5.43. The molecule has 0 aliphatic rings. The molecule has 11 heteroatoms. The van der Waals surface area contributed by atoms with E-state index < -0.39 is 22.0 Å². The van der Waals surface area contributed by atoms with E-state index in [9.17, 15) is 24.5 Å². The number of rotatable bonds is 15. The third kappa shape index (κ3) is 11.0. The molecule has 0 radical (unpaired) electrons. The van der Waals surface area contributed by atoms with Crippen LogP contribution in [0.15, 0.2) is 84.9 Å². The van der Waals surface area contributed by atoms with Gasteiger partial charge in [0.15, 0.2) is 0 Å². The summed E-state index contributed by atoms with van der Waals surface area (Å²) in [5, 5.41) is 10.9. The van der Waals surface area contributed by atoms with E-state index in [1.807, 2.05) is 88.4 Å². The highest BCUT2D eigenvalue weighted by Gasteiger charge is 2.32. The Kier molecular flexibility index (Phi) is 13.9. The quantitative estimate of drug-likeness (QED) is 0.122. The molecule has 0 heterocycles. The van der Waals surface area contributed by atoms with Crippen molar-refractivity contribution in [3.8, 4) is 0 Å². The summed E-state index contributed by atoms with van der Waals surface area (Å²) >= 11 is 0. The summed E-state index contributed by atoms with van der Waals surface area (Å²) < 4.78 is 5.44. The topological polar surface area (TPSA) is 113 Å². The van der Waals surface area contributed by atoms with Crippen LogP contribution in [0.3, 0.4) is 0 Å². The van der Waals surface area contributed by atoms with Crippen LogP contribution in [0, 0.1) is 10.1 Å². The van der Waals surface area contributed by atoms with E-state index in [2.05, 4.69) is 0 Å². The molecule has 0 aliphatic carbocycles. The summed E-state index contributed by atoms with van der Waals surface area (Å²) in [6, 6.07) is 25.0. The van der Waals surface area contributed by atoms with E-state index in [0.29, 0.717) is 12.8 Å². The molecule has 0 saturated carbocycles. The maximum atomic E-state index is 13.6. The van der Waals surface area contributed by atoms with Crippen LogP contribution in [0.4, 0.5) is 5.69 Å². The van der Waals surface area contributed by atoms with Crippen LogP contribution >= 0.6 is 12.4 Å². The zero-order valence-corrected chi connectivity index (χ0v) is 28.3. The van der Waals surface area contributed by atoms with Crippen LogP contribution in [0.25, 0.3) is 0 Å². The van der Waals surface area contributed by atoms with Crippen molar-refractivity contribution in [3.05, 3.63) is 112 Å². The van der Waals surface area contributed by atoms with Gasteiger partial charge in [0.1, 0.15) is 6.61 Å². The third-order valence-electron chi connectivity index (χ3n) is 8.20. The lowest BCUT2D eigenvalue weighted by Crippen LogP contribution is -2.53. The van der Waals surface area contributed by atoms with E-state index in [-0.39, 0.29) is 61.7 Å². The molecule has 10 nitrogen and oxygen atoms in total. The normalized spacial score (nSPS) is 11.4. The highest BCUT2D eigenvalue weighted by atomic mass is 35.5. The average Bonchev–Trinajstić information content (AvgIpc) is 3.00. The molecule has 0 aromatic heterocycles. The Morgan fingerprint density at radius 2 is 1.13 bits per heavy atom. The summed E-state index contributed by atoms with van der Waals surface area (Å²) in [5.74, 6) is -0.988. The van der Waals surface area contributed by atoms with Gasteiger partial charge in [0.05, 0.1) is 23.6 Å². The van der Waals surface area contributed by atoms with Crippen LogP contribution < -0.4 is 0 Å². The van der Waals surface area contributed by atoms with E-state index in [0.717, 1.165) is 11.1 Å². The fourth-order valence-electron chi connectivity index (χ4n) is 4.98. The van der Waals surface area contributed by atoms with Crippen molar-refractivity contribution in [2.45, 2.75) is 51.6 Å². The Morgan fingerprint density at radius 3 is 1.52 bits per heavy atom. The SMILES string of the molecule is CN(C(=O)CN(CCOC(=O)c1ccc([N+](=O)[O-])cc1)CC(=O)N(C)C(C)(C)Cc1ccccc1)C(C)(C)Cc1ccccc1.Cl. The van der Waals surface area contributed by atoms with Crippen molar-refractivity contribution in [1.82, 2.24) is 14.7 Å². The monoisotopic (exact) mass is 652 g/mol. The summed E-state index contributed by atoms with van der Waals surface area (Å²) in [5.41, 5.74) is 1.26. The molecule has 3 aromatic rings. The number of halogens is 1. The van der Waals surface area contributed by atoms with Crippen LogP contribution in [0.1, 0.15) is 49.2 Å². The smallest absolute Gasteiger partial charge is 0.338 e. The number of hydrogen-bond acceptors (Lipinski definition) is 7. The zero-order chi connectivity index (χ0) is 33.2. The standard InChI is InChI=1S/C35H44N4O6.ClH/c1-34(2,23-27-13-9-7-10-14-27)36(5)31(40)25-38(21-22-45-33(42)29-17-19-30(20-18-29)39(43)44)26-32(41)37(6)35(3,4)24-28-15-11-8-12-16-28;/h7-20H,21-26H2,1-6H3;1H. The van der Waals surface area contributed by atoms with Crippen molar-refractivity contribution in [1.29, 1.82) is 0 Å². The van der Waals surface area contributed by atoms with Gasteiger partial charge in [-0.05, 0) is 63.8 Å². The molecule has 3 rings (SSSR count). The molecule has 0 atom stereocenters. The van der Waals surface area contributed by atoms with Gasteiger partial charge >= 0.3 is 5.97 Å². The molecule has 0 bridgehead atoms. The fraction of sp³-hybridized carbons (Fsp3) is 0.400. The number of nitro groups is 1. The number of carbonyl (C=O) groups is 3. The fourth-order valence-corrected chi connectivity index (χ4v) is 4.98. The lowest BCUT2D eigenvalue weighted by molar-refractivity contribution is -0.384. The lowest BCUT2D eigenvalue weighted by Gasteiger charge is -2.39. The van der Waals surface area contributed by atoms with E-state index in [1.54, 1.807) is 28.8 Å². The van der Waals surface area contributed by atoms with Crippen molar-refractivity contribution in [2.75, 3.05) is 40.3 Å². The molecule has 0 spiro atoms. The summed E-state index contributed by atoms with van der Waals surface area (Å²) in [6.45, 7) is 7.95. The van der Waals surface area contributed by atoms with E-state index in [1.165, 1.54) is 24.3 Å². The highest BCUT2D eigenvalue weighted by molar-refractivity contribution is 5.89. The number of carbonyl (C=O) groups excluding carboxylic acids is 3. The molecule has 0 N–H and O–H groups in total. The molecular weight excluding hydrogens is 608 g/mol. The number of ether oxygens (including phenoxy) is 1. The second kappa shape index (κ2) is 16.9. The number of non-ortho nitro benzene ring substituents is 1. The Bertz CT molecular complexity index is 1380. The van der Waals surface area contributed by atoms with Gasteiger partial charge in [-0.25, -0.2) is 4.79 Å². The van der Waals surface area contributed by atoms with Gasteiger partial charge < -0.3 is 14.5 Å². The predicted molar refractivity (Wildman–Crippen MR) is 181 cm³/mol. The average molecular weight is 653 g/mol. The number of hydrogen-bond donors (Lipinski definition) is 0. The first-order chi connectivity index (χ1) is 21.2. The molecule has 2 amide bonds. The Balaban J connectivity index is 0.00000736. The molecule has 248 valence electrons. The van der Waals surface area contributed by atoms with Crippen LogP contribution in [-0.4, -0.2) is 88.8 Å². The van der Waals surface area contributed by atoms with Gasteiger partial charge in [-0.3, -0.25) is 24.6 Å². The molecule has 46 heavy (non-hydrogen) atoms. The van der Waals surface area contributed by atoms with Gasteiger partial charge in [-0.2, -0.15) is 0 Å². The number of amides is 2. The lowest BCUT2D eigenvalue weighted by atomic mass is 9.93. The summed E-state index contributed by atoms with van der Waals surface area (Å²) in [4.78, 5) is 55.3. The van der Waals surface area contributed by atoms with Crippen molar-refractivity contribution in [3.63, 3.8) is 0 Å². The van der Waals surface area contributed by atoms with Crippen LogP contribution in [0.5, 0.6) is 0 Å². The number of benzene rings is 3. The Hall–Kier alpha value is -4.28. The van der Waals surface area contributed by atoms with Gasteiger partial charge in [-0.15, -0.1) is 12.4 Å². The molecular formula is C35H45ClN4O6. The summed E-state index contributed by atoms with van der Waals surface area (Å²) in [7, 11) is 3.52. The minimum atomic E-state index is -0.648. The minimum Gasteiger partial charge on any atom is -0.461 e. The number of nitro benzene ring substituents is 1. The van der Waals surface area contributed by atoms with Crippen LogP contribution in [-0.2, 0) is 27.2 Å².